The van der Waals surface area contributed by atoms with Gasteiger partial charge in [-0.15, -0.1) is 0 Å². The molecule has 2 heterocycles. The number of fused-ring (bicyclic) bond motifs is 2. The molecule has 1 atom stereocenters. The maximum absolute atomic E-state index is 8.87. The number of ether oxygens (including phenoxy) is 2. The molecule has 21 heavy (non-hydrogen) atoms. The normalized spacial score (nSPS) is 14.5. The van der Waals surface area contributed by atoms with Crippen LogP contribution in [0.1, 0.15) is 13.3 Å². The molecule has 2 aromatic rings. The Labute approximate surface area is 123 Å². The monoisotopic (exact) mass is 283 g/mol. The second-order valence-electron chi connectivity index (χ2n) is 5.17. The zero-order valence-corrected chi connectivity index (χ0v) is 12.2. The summed E-state index contributed by atoms with van der Waals surface area (Å²) >= 11 is 0. The van der Waals surface area contributed by atoms with E-state index in [4.69, 9.17) is 14.7 Å². The number of hydrogen-bond donors (Lipinski definition) is 0. The summed E-state index contributed by atoms with van der Waals surface area (Å²) in [5, 5.41) is 10.9. The minimum atomic E-state index is 0.0984. The number of nitriles is 1. The highest BCUT2D eigenvalue weighted by Gasteiger charge is 2.18. The van der Waals surface area contributed by atoms with Crippen LogP contribution in [0.25, 0.3) is 10.8 Å². The largest absolute Gasteiger partial charge is 0.486 e. The van der Waals surface area contributed by atoms with Crippen molar-refractivity contribution >= 4 is 16.6 Å². The smallest absolute Gasteiger partial charge is 0.162 e. The highest BCUT2D eigenvalue weighted by Crippen LogP contribution is 2.37. The van der Waals surface area contributed by atoms with E-state index >= 15 is 0 Å². The lowest BCUT2D eigenvalue weighted by Gasteiger charge is -2.26. The molecule has 3 rings (SSSR count). The van der Waals surface area contributed by atoms with Gasteiger partial charge in [-0.1, -0.05) is 0 Å². The van der Waals surface area contributed by atoms with Crippen LogP contribution in [0.3, 0.4) is 0 Å². The predicted molar refractivity (Wildman–Crippen MR) is 80.8 cm³/mol. The Morgan fingerprint density at radius 2 is 2.05 bits per heavy atom. The molecule has 1 unspecified atom stereocenters. The van der Waals surface area contributed by atoms with Crippen molar-refractivity contribution in [3.8, 4) is 17.6 Å². The molecule has 1 aliphatic rings. The van der Waals surface area contributed by atoms with Gasteiger partial charge in [-0.05, 0) is 30.5 Å². The summed E-state index contributed by atoms with van der Waals surface area (Å²) in [4.78, 5) is 6.51. The molecule has 5 nitrogen and oxygen atoms in total. The Morgan fingerprint density at radius 3 is 2.76 bits per heavy atom. The van der Waals surface area contributed by atoms with Crippen molar-refractivity contribution in [3.63, 3.8) is 0 Å². The summed E-state index contributed by atoms with van der Waals surface area (Å²) in [6.45, 7) is 3.16. The molecule has 0 aliphatic carbocycles. The quantitative estimate of drug-likeness (QED) is 0.867. The molecule has 1 aromatic heterocycles. The van der Waals surface area contributed by atoms with Gasteiger partial charge in [0.25, 0.3) is 0 Å². The van der Waals surface area contributed by atoms with E-state index in [0.29, 0.717) is 19.6 Å². The van der Waals surface area contributed by atoms with Crippen LogP contribution in [0, 0.1) is 11.3 Å². The van der Waals surface area contributed by atoms with Gasteiger partial charge in [0, 0.05) is 24.7 Å². The van der Waals surface area contributed by atoms with Gasteiger partial charge in [0.1, 0.15) is 19.0 Å². The maximum Gasteiger partial charge on any atom is 0.162 e. The van der Waals surface area contributed by atoms with Crippen LogP contribution in [-0.2, 0) is 0 Å². The van der Waals surface area contributed by atoms with Gasteiger partial charge in [-0.25, -0.2) is 4.98 Å². The summed E-state index contributed by atoms with van der Waals surface area (Å²) in [5.74, 6) is 2.38. The lowest BCUT2D eigenvalue weighted by Crippen LogP contribution is -2.29. The zero-order valence-electron chi connectivity index (χ0n) is 12.2. The number of anilines is 1. The van der Waals surface area contributed by atoms with Crippen molar-refractivity contribution in [2.24, 2.45) is 0 Å². The van der Waals surface area contributed by atoms with Crippen LogP contribution < -0.4 is 14.4 Å². The fourth-order valence-corrected chi connectivity index (χ4v) is 2.45. The molecule has 0 saturated heterocycles. The van der Waals surface area contributed by atoms with Gasteiger partial charge in [-0.2, -0.15) is 5.26 Å². The Bertz CT molecular complexity index is 708. The molecule has 1 aliphatic heterocycles. The van der Waals surface area contributed by atoms with Gasteiger partial charge in [0.2, 0.25) is 0 Å². The molecule has 0 saturated carbocycles. The fourth-order valence-electron chi connectivity index (χ4n) is 2.45. The number of nitrogens with zero attached hydrogens (tertiary/aromatic N) is 3. The average molecular weight is 283 g/mol. The standard InChI is InChI=1S/C16H17N3O2/c1-11(3-5-17)19(2)16-13-10-15-14(20-7-8-21-15)9-12(13)4-6-18-16/h4,6,9-11H,3,7-8H2,1-2H3. The van der Waals surface area contributed by atoms with Crippen molar-refractivity contribution in [3.05, 3.63) is 24.4 Å². The van der Waals surface area contributed by atoms with Crippen LogP contribution in [0.4, 0.5) is 5.82 Å². The van der Waals surface area contributed by atoms with Crippen molar-refractivity contribution in [1.82, 2.24) is 4.98 Å². The SMILES string of the molecule is CC(CC#N)N(C)c1nccc2cc3c(cc12)OCCO3. The van der Waals surface area contributed by atoms with Crippen molar-refractivity contribution in [2.75, 3.05) is 25.2 Å². The summed E-state index contributed by atoms with van der Waals surface area (Å²) < 4.78 is 11.3. The van der Waals surface area contributed by atoms with Gasteiger partial charge in [0.05, 0.1) is 12.5 Å². The van der Waals surface area contributed by atoms with E-state index < -0.39 is 0 Å². The first kappa shape index (κ1) is 13.5. The Morgan fingerprint density at radius 1 is 1.33 bits per heavy atom. The zero-order chi connectivity index (χ0) is 14.8. The van der Waals surface area contributed by atoms with Gasteiger partial charge < -0.3 is 14.4 Å². The van der Waals surface area contributed by atoms with E-state index in [-0.39, 0.29) is 6.04 Å². The summed E-state index contributed by atoms with van der Waals surface area (Å²) in [6, 6.07) is 8.22. The molecular formula is C16H17N3O2. The van der Waals surface area contributed by atoms with E-state index in [9.17, 15) is 0 Å². The molecule has 0 spiro atoms. The molecule has 1 aromatic carbocycles. The molecule has 0 fully saturated rings. The topological polar surface area (TPSA) is 58.4 Å². The lowest BCUT2D eigenvalue weighted by molar-refractivity contribution is 0.172. The second-order valence-corrected chi connectivity index (χ2v) is 5.17. The molecule has 108 valence electrons. The van der Waals surface area contributed by atoms with E-state index in [1.54, 1.807) is 6.20 Å². The molecular weight excluding hydrogens is 266 g/mol. The molecule has 0 amide bonds. The number of hydrogen-bond acceptors (Lipinski definition) is 5. The predicted octanol–water partition coefficient (Wildman–Crippen LogP) is 2.74. The first-order valence-electron chi connectivity index (χ1n) is 6.99. The molecule has 5 heteroatoms. The number of rotatable bonds is 3. The molecule has 0 N–H and O–H groups in total. The lowest BCUT2D eigenvalue weighted by atomic mass is 10.1. The Hall–Kier alpha value is -2.48. The molecule has 0 radical (unpaired) electrons. The van der Waals surface area contributed by atoms with Crippen LogP contribution in [0.5, 0.6) is 11.5 Å². The van der Waals surface area contributed by atoms with Crippen molar-refractivity contribution < 1.29 is 9.47 Å². The third-order valence-electron chi connectivity index (χ3n) is 3.79. The van der Waals surface area contributed by atoms with Crippen LogP contribution in [-0.4, -0.2) is 31.3 Å². The maximum atomic E-state index is 8.87. The van der Waals surface area contributed by atoms with Crippen LogP contribution in [0.15, 0.2) is 24.4 Å². The highest BCUT2D eigenvalue weighted by atomic mass is 16.6. The van der Waals surface area contributed by atoms with Crippen LogP contribution >= 0.6 is 0 Å². The second kappa shape index (κ2) is 5.49. The average Bonchev–Trinajstić information content (AvgIpc) is 2.52. The van der Waals surface area contributed by atoms with Crippen LogP contribution in [0.2, 0.25) is 0 Å². The minimum Gasteiger partial charge on any atom is -0.486 e. The summed E-state index contributed by atoms with van der Waals surface area (Å²) in [6.07, 6.45) is 2.24. The third kappa shape index (κ3) is 2.45. The number of pyridine rings is 1. The third-order valence-corrected chi connectivity index (χ3v) is 3.79. The van der Waals surface area contributed by atoms with Gasteiger partial charge >= 0.3 is 0 Å². The highest BCUT2D eigenvalue weighted by molar-refractivity contribution is 5.94. The van der Waals surface area contributed by atoms with E-state index in [2.05, 4.69) is 11.1 Å². The van der Waals surface area contributed by atoms with Crippen molar-refractivity contribution in [2.45, 2.75) is 19.4 Å². The van der Waals surface area contributed by atoms with E-state index in [1.807, 2.05) is 37.1 Å². The first-order valence-corrected chi connectivity index (χ1v) is 6.99. The van der Waals surface area contributed by atoms with E-state index in [0.717, 1.165) is 28.1 Å². The van der Waals surface area contributed by atoms with Gasteiger partial charge in [0.15, 0.2) is 11.5 Å². The Balaban J connectivity index is 2.09. The minimum absolute atomic E-state index is 0.0984. The molecule has 0 bridgehead atoms. The number of benzene rings is 1. The Kier molecular flexibility index (Phi) is 3.53. The number of aromatic nitrogens is 1. The first-order chi connectivity index (χ1) is 10.2. The fraction of sp³-hybridized carbons (Fsp3) is 0.375. The summed E-state index contributed by atoms with van der Waals surface area (Å²) in [7, 11) is 1.96. The van der Waals surface area contributed by atoms with Gasteiger partial charge in [-0.3, -0.25) is 0 Å². The van der Waals surface area contributed by atoms with E-state index in [1.165, 1.54) is 0 Å². The summed E-state index contributed by atoms with van der Waals surface area (Å²) in [5.41, 5.74) is 0. The van der Waals surface area contributed by atoms with Crippen molar-refractivity contribution in [1.29, 1.82) is 5.26 Å².